The quantitative estimate of drug-likeness (QED) is 0.818. The van der Waals surface area contributed by atoms with Crippen molar-refractivity contribution < 1.29 is 13.9 Å². The Kier molecular flexibility index (Phi) is 5.32. The van der Waals surface area contributed by atoms with Crippen LogP contribution in [0.25, 0.3) is 0 Å². The minimum atomic E-state index is -0.290. The van der Waals surface area contributed by atoms with E-state index in [2.05, 4.69) is 5.32 Å². The van der Waals surface area contributed by atoms with Gasteiger partial charge in [0, 0.05) is 5.69 Å². The first kappa shape index (κ1) is 15.0. The minimum absolute atomic E-state index is 0.212. The van der Waals surface area contributed by atoms with Gasteiger partial charge in [0.1, 0.15) is 5.82 Å². The van der Waals surface area contributed by atoms with E-state index in [1.54, 1.807) is 19.1 Å². The second-order valence-corrected chi connectivity index (χ2v) is 4.62. The molecule has 1 N–H and O–H groups in total. The molecule has 4 heteroatoms. The van der Waals surface area contributed by atoms with Crippen molar-refractivity contribution in [2.45, 2.75) is 19.4 Å². The Balaban J connectivity index is 2.15. The molecule has 1 unspecified atom stereocenters. The van der Waals surface area contributed by atoms with Crippen LogP contribution in [0.2, 0.25) is 0 Å². The predicted molar refractivity (Wildman–Crippen MR) is 80.5 cm³/mol. The van der Waals surface area contributed by atoms with Gasteiger partial charge in [-0.3, -0.25) is 4.79 Å². The molecule has 0 saturated carbocycles. The normalized spacial score (nSPS) is 11.7. The maximum atomic E-state index is 13.0. The summed E-state index contributed by atoms with van der Waals surface area (Å²) in [6.45, 7) is 2.14. The van der Waals surface area contributed by atoms with Crippen molar-refractivity contribution in [3.8, 4) is 0 Å². The number of carbonyl (C=O) groups is 1. The number of benzene rings is 2. The van der Waals surface area contributed by atoms with Crippen LogP contribution in [0.5, 0.6) is 0 Å². The molecule has 2 rings (SSSR count). The van der Waals surface area contributed by atoms with Gasteiger partial charge in [0.25, 0.3) is 0 Å². The molecule has 0 heterocycles. The van der Waals surface area contributed by atoms with Gasteiger partial charge in [-0.2, -0.15) is 0 Å². The maximum Gasteiger partial charge on any atom is 0.308 e. The third kappa shape index (κ3) is 4.60. The summed E-state index contributed by atoms with van der Waals surface area (Å²) in [6, 6.07) is 15.5. The van der Waals surface area contributed by atoms with Gasteiger partial charge in [-0.15, -0.1) is 0 Å². The highest BCUT2D eigenvalue weighted by Crippen LogP contribution is 2.23. The summed E-state index contributed by atoms with van der Waals surface area (Å²) in [5.41, 5.74) is 1.74. The number of ether oxygens (including phenoxy) is 1. The van der Waals surface area contributed by atoms with Gasteiger partial charge < -0.3 is 10.1 Å². The Labute approximate surface area is 123 Å². The Morgan fingerprint density at radius 1 is 1.14 bits per heavy atom. The topological polar surface area (TPSA) is 38.3 Å². The number of hydrogen-bond donors (Lipinski definition) is 1. The van der Waals surface area contributed by atoms with Gasteiger partial charge in [0.05, 0.1) is 19.1 Å². The largest absolute Gasteiger partial charge is 0.466 e. The maximum absolute atomic E-state index is 13.0. The van der Waals surface area contributed by atoms with Gasteiger partial charge in [-0.05, 0) is 36.8 Å². The zero-order valence-electron chi connectivity index (χ0n) is 11.9. The van der Waals surface area contributed by atoms with Crippen LogP contribution in [0.4, 0.5) is 10.1 Å². The van der Waals surface area contributed by atoms with Crippen LogP contribution in [0.15, 0.2) is 54.6 Å². The van der Waals surface area contributed by atoms with Crippen LogP contribution in [-0.2, 0) is 9.53 Å². The summed E-state index contributed by atoms with van der Waals surface area (Å²) in [7, 11) is 0. The lowest BCUT2D eigenvalue weighted by molar-refractivity contribution is -0.143. The van der Waals surface area contributed by atoms with Crippen molar-refractivity contribution in [3.63, 3.8) is 0 Å². The second kappa shape index (κ2) is 7.43. The van der Waals surface area contributed by atoms with E-state index in [0.717, 1.165) is 11.3 Å². The van der Waals surface area contributed by atoms with Crippen molar-refractivity contribution >= 4 is 11.7 Å². The number of halogens is 1. The first-order valence-corrected chi connectivity index (χ1v) is 6.91. The van der Waals surface area contributed by atoms with Crippen LogP contribution in [0, 0.1) is 5.82 Å². The lowest BCUT2D eigenvalue weighted by atomic mass is 10.0. The summed E-state index contributed by atoms with van der Waals surface area (Å²) in [4.78, 5) is 11.7. The van der Waals surface area contributed by atoms with Crippen LogP contribution >= 0.6 is 0 Å². The number of rotatable bonds is 6. The Morgan fingerprint density at radius 3 is 2.43 bits per heavy atom. The first-order chi connectivity index (χ1) is 10.2. The highest BCUT2D eigenvalue weighted by Gasteiger charge is 2.16. The van der Waals surface area contributed by atoms with Crippen molar-refractivity contribution in [2.75, 3.05) is 11.9 Å². The molecule has 0 amide bonds. The number of nitrogens with one attached hydrogen (secondary N) is 1. The molecule has 3 nitrogen and oxygen atoms in total. The first-order valence-electron chi connectivity index (χ1n) is 6.91. The predicted octanol–water partition coefficient (Wildman–Crippen LogP) is 3.93. The van der Waals surface area contributed by atoms with Gasteiger partial charge >= 0.3 is 5.97 Å². The molecule has 0 fully saturated rings. The SMILES string of the molecule is CCOC(=O)CC(Nc1ccc(F)cc1)c1ccccc1. The molecule has 0 radical (unpaired) electrons. The molecule has 1 atom stereocenters. The molecule has 2 aromatic rings. The highest BCUT2D eigenvalue weighted by atomic mass is 19.1. The van der Waals surface area contributed by atoms with Crippen molar-refractivity contribution in [2.24, 2.45) is 0 Å². The summed E-state index contributed by atoms with van der Waals surface area (Å²) >= 11 is 0. The Morgan fingerprint density at radius 2 is 1.81 bits per heavy atom. The van der Waals surface area contributed by atoms with E-state index < -0.39 is 0 Å². The van der Waals surface area contributed by atoms with Gasteiger partial charge in [0.15, 0.2) is 0 Å². The number of esters is 1. The minimum Gasteiger partial charge on any atom is -0.466 e. The fourth-order valence-corrected chi connectivity index (χ4v) is 2.07. The summed E-state index contributed by atoms with van der Waals surface area (Å²) in [5.74, 6) is -0.553. The van der Waals surface area contributed by atoms with Crippen LogP contribution in [0.1, 0.15) is 24.9 Å². The molecule has 0 aromatic heterocycles. The van der Waals surface area contributed by atoms with Crippen LogP contribution < -0.4 is 5.32 Å². The number of carbonyl (C=O) groups excluding carboxylic acids is 1. The summed E-state index contributed by atoms with van der Waals surface area (Å²) < 4.78 is 18.0. The number of hydrogen-bond acceptors (Lipinski definition) is 3. The van der Waals surface area contributed by atoms with Gasteiger partial charge in [0.2, 0.25) is 0 Å². The molecule has 21 heavy (non-hydrogen) atoms. The summed E-state index contributed by atoms with van der Waals surface area (Å²) in [5, 5.41) is 3.24. The fraction of sp³-hybridized carbons (Fsp3) is 0.235. The lowest BCUT2D eigenvalue weighted by Crippen LogP contribution is -2.17. The third-order valence-electron chi connectivity index (χ3n) is 3.06. The molecular weight excluding hydrogens is 269 g/mol. The molecule has 2 aromatic carbocycles. The van der Waals surface area contributed by atoms with Crippen molar-refractivity contribution in [1.29, 1.82) is 0 Å². The lowest BCUT2D eigenvalue weighted by Gasteiger charge is -2.19. The van der Waals surface area contributed by atoms with E-state index in [1.807, 2.05) is 30.3 Å². The molecule has 110 valence electrons. The molecule has 0 bridgehead atoms. The molecular formula is C17H18FNO2. The van der Waals surface area contributed by atoms with Gasteiger partial charge in [-0.25, -0.2) is 4.39 Å². The summed E-state index contributed by atoms with van der Waals surface area (Å²) in [6.07, 6.45) is 0.217. The van der Waals surface area contributed by atoms with E-state index in [4.69, 9.17) is 4.74 Å². The molecule has 0 spiro atoms. The average Bonchev–Trinajstić information content (AvgIpc) is 2.50. The van der Waals surface area contributed by atoms with E-state index in [-0.39, 0.29) is 24.2 Å². The smallest absolute Gasteiger partial charge is 0.308 e. The van der Waals surface area contributed by atoms with Crippen LogP contribution in [0.3, 0.4) is 0 Å². The molecule has 0 saturated heterocycles. The van der Waals surface area contributed by atoms with Gasteiger partial charge in [-0.1, -0.05) is 30.3 Å². The van der Waals surface area contributed by atoms with E-state index in [0.29, 0.717) is 6.61 Å². The van der Waals surface area contributed by atoms with E-state index in [1.165, 1.54) is 12.1 Å². The molecule has 0 aliphatic rings. The average molecular weight is 287 g/mol. The number of anilines is 1. The van der Waals surface area contributed by atoms with E-state index >= 15 is 0 Å². The highest BCUT2D eigenvalue weighted by molar-refractivity contribution is 5.71. The second-order valence-electron chi connectivity index (χ2n) is 4.62. The van der Waals surface area contributed by atoms with E-state index in [9.17, 15) is 9.18 Å². The zero-order valence-corrected chi connectivity index (χ0v) is 11.9. The Bertz CT molecular complexity index is 569. The monoisotopic (exact) mass is 287 g/mol. The van der Waals surface area contributed by atoms with Crippen molar-refractivity contribution in [1.82, 2.24) is 0 Å². The molecule has 0 aliphatic heterocycles. The zero-order chi connectivity index (χ0) is 15.1. The van der Waals surface area contributed by atoms with Crippen LogP contribution in [-0.4, -0.2) is 12.6 Å². The standard InChI is InChI=1S/C17H18FNO2/c1-2-21-17(20)12-16(13-6-4-3-5-7-13)19-15-10-8-14(18)9-11-15/h3-11,16,19H,2,12H2,1H3. The Hall–Kier alpha value is -2.36. The molecule has 0 aliphatic carbocycles. The van der Waals surface area contributed by atoms with Crippen molar-refractivity contribution in [3.05, 3.63) is 66.0 Å². The fourth-order valence-electron chi connectivity index (χ4n) is 2.07. The third-order valence-corrected chi connectivity index (χ3v) is 3.06.